The van der Waals surface area contributed by atoms with E-state index in [1.165, 1.54) is 17.0 Å². The van der Waals surface area contributed by atoms with Gasteiger partial charge in [0.05, 0.1) is 10.6 Å². The van der Waals surface area contributed by atoms with Crippen molar-refractivity contribution in [3.63, 3.8) is 0 Å². The maximum Gasteiger partial charge on any atom is 0.326 e. The monoisotopic (exact) mass is 311 g/mol. The second kappa shape index (κ2) is 5.30. The zero-order chi connectivity index (χ0) is 15.1. The van der Waals surface area contributed by atoms with E-state index in [0.29, 0.717) is 6.54 Å². The Labute approximate surface area is 126 Å². The molecule has 0 bridgehead atoms. The predicted molar refractivity (Wildman–Crippen MR) is 74.7 cm³/mol. The van der Waals surface area contributed by atoms with Crippen LogP contribution in [0.25, 0.3) is 0 Å². The summed E-state index contributed by atoms with van der Waals surface area (Å²) < 4.78 is 13.9. The molecule has 0 radical (unpaired) electrons. The number of hydrogen-bond acceptors (Lipinski definition) is 2. The van der Waals surface area contributed by atoms with Gasteiger partial charge in [0.15, 0.2) is 0 Å². The summed E-state index contributed by atoms with van der Waals surface area (Å²) >= 11 is 5.92. The molecule has 3 unspecified atom stereocenters. The molecule has 6 heteroatoms. The molecule has 2 aliphatic rings. The average Bonchev–Trinajstić information content (AvgIpc) is 2.97. The molecule has 4 nitrogen and oxygen atoms in total. The molecular formula is C15H15ClFNO3. The summed E-state index contributed by atoms with van der Waals surface area (Å²) in [6, 6.07) is 3.14. The lowest BCUT2D eigenvalue weighted by molar-refractivity contribution is -0.142. The van der Waals surface area contributed by atoms with Crippen LogP contribution in [0.15, 0.2) is 18.2 Å². The first-order valence-corrected chi connectivity index (χ1v) is 7.36. The van der Waals surface area contributed by atoms with Crippen molar-refractivity contribution in [2.24, 2.45) is 11.8 Å². The second-order valence-electron chi connectivity index (χ2n) is 5.69. The quantitative estimate of drug-likeness (QED) is 0.913. The lowest BCUT2D eigenvalue weighted by Gasteiger charge is -2.25. The SMILES string of the molecule is O=C(O)C1C2CCCC2CN1C(=O)c1c(F)cccc1Cl. The highest BCUT2D eigenvalue weighted by Gasteiger charge is 2.50. The molecule has 3 rings (SSSR count). The third-order valence-corrected chi connectivity index (χ3v) is 4.90. The van der Waals surface area contributed by atoms with Gasteiger partial charge in [-0.05, 0) is 36.8 Å². The van der Waals surface area contributed by atoms with Gasteiger partial charge in [0.1, 0.15) is 11.9 Å². The fraction of sp³-hybridized carbons (Fsp3) is 0.467. The smallest absolute Gasteiger partial charge is 0.326 e. The van der Waals surface area contributed by atoms with Gasteiger partial charge >= 0.3 is 5.97 Å². The Morgan fingerprint density at radius 1 is 1.33 bits per heavy atom. The first-order chi connectivity index (χ1) is 10.0. The predicted octanol–water partition coefficient (Wildman–Crippen LogP) is 2.80. The normalized spacial score (nSPS) is 27.7. The minimum absolute atomic E-state index is 0.0150. The van der Waals surface area contributed by atoms with E-state index in [0.717, 1.165) is 25.3 Å². The van der Waals surface area contributed by atoms with Gasteiger partial charge in [0.25, 0.3) is 5.91 Å². The Morgan fingerprint density at radius 2 is 2.10 bits per heavy atom. The lowest BCUT2D eigenvalue weighted by Crippen LogP contribution is -2.43. The van der Waals surface area contributed by atoms with E-state index >= 15 is 0 Å². The van der Waals surface area contributed by atoms with E-state index in [4.69, 9.17) is 11.6 Å². The molecule has 1 aromatic rings. The molecule has 112 valence electrons. The molecule has 1 aliphatic heterocycles. The van der Waals surface area contributed by atoms with Crippen LogP contribution in [0.2, 0.25) is 5.02 Å². The number of aliphatic carboxylic acids is 1. The molecule has 1 aliphatic carbocycles. The van der Waals surface area contributed by atoms with Crippen LogP contribution < -0.4 is 0 Å². The number of carboxylic acid groups (broad SMARTS) is 1. The number of rotatable bonds is 2. The molecule has 21 heavy (non-hydrogen) atoms. The summed E-state index contributed by atoms with van der Waals surface area (Å²) in [5, 5.41) is 9.46. The maximum absolute atomic E-state index is 13.9. The van der Waals surface area contributed by atoms with E-state index in [2.05, 4.69) is 0 Å². The van der Waals surface area contributed by atoms with E-state index in [1.807, 2.05) is 0 Å². The van der Waals surface area contributed by atoms with Crippen LogP contribution in [0, 0.1) is 17.7 Å². The van der Waals surface area contributed by atoms with Crippen LogP contribution in [0.1, 0.15) is 29.6 Å². The van der Waals surface area contributed by atoms with E-state index < -0.39 is 23.7 Å². The number of amides is 1. The molecular weight excluding hydrogens is 297 g/mol. The van der Waals surface area contributed by atoms with Crippen LogP contribution in [-0.2, 0) is 4.79 Å². The first kappa shape index (κ1) is 14.3. The standard InChI is InChI=1S/C15H15ClFNO3/c16-10-5-2-6-11(17)12(10)14(19)18-7-8-3-1-4-9(8)13(18)15(20)21/h2,5-6,8-9,13H,1,3-4,7H2,(H,20,21). The molecule has 1 aromatic carbocycles. The van der Waals surface area contributed by atoms with E-state index in [9.17, 15) is 19.1 Å². The number of likely N-dealkylation sites (tertiary alicyclic amines) is 1. The van der Waals surface area contributed by atoms with Gasteiger partial charge < -0.3 is 10.0 Å². The zero-order valence-corrected chi connectivity index (χ0v) is 12.0. The van der Waals surface area contributed by atoms with Crippen LogP contribution in [0.3, 0.4) is 0 Å². The van der Waals surface area contributed by atoms with Gasteiger partial charge in [-0.2, -0.15) is 0 Å². The lowest BCUT2D eigenvalue weighted by atomic mass is 9.94. The van der Waals surface area contributed by atoms with E-state index in [-0.39, 0.29) is 22.4 Å². The highest BCUT2D eigenvalue weighted by Crippen LogP contribution is 2.43. The molecule has 3 atom stereocenters. The van der Waals surface area contributed by atoms with Gasteiger partial charge in [0, 0.05) is 6.54 Å². The third-order valence-electron chi connectivity index (χ3n) is 4.58. The largest absolute Gasteiger partial charge is 0.480 e. The summed E-state index contributed by atoms with van der Waals surface area (Å²) in [4.78, 5) is 25.4. The number of carboxylic acids is 1. The number of fused-ring (bicyclic) bond motifs is 1. The molecule has 0 aromatic heterocycles. The Hall–Kier alpha value is -1.62. The van der Waals surface area contributed by atoms with Gasteiger partial charge in [0.2, 0.25) is 0 Å². The van der Waals surface area contributed by atoms with Gasteiger partial charge in [-0.25, -0.2) is 9.18 Å². The number of carbonyl (C=O) groups is 2. The van der Waals surface area contributed by atoms with Gasteiger partial charge in [-0.15, -0.1) is 0 Å². The summed E-state index contributed by atoms with van der Waals surface area (Å²) in [6.07, 6.45) is 2.71. The topological polar surface area (TPSA) is 57.6 Å². The van der Waals surface area contributed by atoms with Gasteiger partial charge in [-0.1, -0.05) is 24.1 Å². The molecule has 1 N–H and O–H groups in total. The number of nitrogens with zero attached hydrogens (tertiary/aromatic N) is 1. The van der Waals surface area contributed by atoms with Crippen molar-refractivity contribution in [1.29, 1.82) is 0 Å². The maximum atomic E-state index is 13.9. The van der Waals surface area contributed by atoms with Crippen LogP contribution in [0.5, 0.6) is 0 Å². The van der Waals surface area contributed by atoms with Crippen LogP contribution >= 0.6 is 11.6 Å². The summed E-state index contributed by atoms with van der Waals surface area (Å²) in [6.45, 7) is 0.366. The third kappa shape index (κ3) is 2.29. The van der Waals surface area contributed by atoms with Crippen molar-refractivity contribution in [1.82, 2.24) is 4.90 Å². The Balaban J connectivity index is 1.96. The molecule has 0 spiro atoms. The Bertz CT molecular complexity index is 586. The van der Waals surface area contributed by atoms with Crippen molar-refractivity contribution in [3.8, 4) is 0 Å². The highest BCUT2D eigenvalue weighted by molar-refractivity contribution is 6.33. The molecule has 1 amide bonds. The summed E-state index contributed by atoms with van der Waals surface area (Å²) in [5.74, 6) is -2.20. The molecule has 1 heterocycles. The molecule has 1 saturated carbocycles. The number of halogens is 2. The van der Waals surface area contributed by atoms with Gasteiger partial charge in [-0.3, -0.25) is 4.79 Å². The summed E-state index contributed by atoms with van der Waals surface area (Å²) in [5.41, 5.74) is -0.231. The van der Waals surface area contributed by atoms with Crippen molar-refractivity contribution < 1.29 is 19.1 Å². The zero-order valence-electron chi connectivity index (χ0n) is 11.3. The number of benzene rings is 1. The molecule has 2 fully saturated rings. The number of carbonyl (C=O) groups excluding carboxylic acids is 1. The van der Waals surface area contributed by atoms with Crippen LogP contribution in [-0.4, -0.2) is 34.5 Å². The molecule has 1 saturated heterocycles. The Morgan fingerprint density at radius 3 is 2.76 bits per heavy atom. The minimum atomic E-state index is -1.02. The van der Waals surface area contributed by atoms with E-state index in [1.54, 1.807) is 0 Å². The van der Waals surface area contributed by atoms with Crippen molar-refractivity contribution in [2.75, 3.05) is 6.54 Å². The highest BCUT2D eigenvalue weighted by atomic mass is 35.5. The Kier molecular flexibility index (Phi) is 3.61. The second-order valence-corrected chi connectivity index (χ2v) is 6.10. The fourth-order valence-corrected chi connectivity index (χ4v) is 3.92. The average molecular weight is 312 g/mol. The van der Waals surface area contributed by atoms with Crippen LogP contribution in [0.4, 0.5) is 4.39 Å². The van der Waals surface area contributed by atoms with Crippen molar-refractivity contribution in [2.45, 2.75) is 25.3 Å². The van der Waals surface area contributed by atoms with Crippen molar-refractivity contribution >= 4 is 23.5 Å². The minimum Gasteiger partial charge on any atom is -0.480 e. The van der Waals surface area contributed by atoms with Crippen molar-refractivity contribution in [3.05, 3.63) is 34.6 Å². The number of hydrogen-bond donors (Lipinski definition) is 1. The fourth-order valence-electron chi connectivity index (χ4n) is 3.68. The first-order valence-electron chi connectivity index (χ1n) is 6.98. The summed E-state index contributed by atoms with van der Waals surface area (Å²) in [7, 11) is 0.